The molecular formula is C11H10ClNO3. The highest BCUT2D eigenvalue weighted by atomic mass is 35.5. The van der Waals surface area contributed by atoms with Crippen LogP contribution in [0.5, 0.6) is 5.75 Å². The van der Waals surface area contributed by atoms with Gasteiger partial charge in [-0.15, -0.1) is 11.6 Å². The highest BCUT2D eigenvalue weighted by molar-refractivity contribution is 6.17. The number of hydrogen-bond acceptors (Lipinski definition) is 4. The van der Waals surface area contributed by atoms with E-state index in [4.69, 9.17) is 21.6 Å². The van der Waals surface area contributed by atoms with Gasteiger partial charge in [0.2, 0.25) is 0 Å². The number of methoxy groups -OCH3 is 2. The first-order chi connectivity index (χ1) is 7.67. The molecule has 0 amide bonds. The number of halogens is 1. The van der Waals surface area contributed by atoms with Crippen molar-refractivity contribution in [2.75, 3.05) is 14.2 Å². The van der Waals surface area contributed by atoms with Crippen LogP contribution in [0, 0.1) is 11.3 Å². The summed E-state index contributed by atoms with van der Waals surface area (Å²) in [6.07, 6.45) is 0. The van der Waals surface area contributed by atoms with Crippen LogP contribution in [0.1, 0.15) is 21.5 Å². The van der Waals surface area contributed by atoms with E-state index in [0.717, 1.165) is 0 Å². The predicted molar refractivity (Wildman–Crippen MR) is 58.6 cm³/mol. The second-order valence-corrected chi connectivity index (χ2v) is 3.21. The number of alkyl halides is 1. The normalized spacial score (nSPS) is 9.38. The SMILES string of the molecule is COC(=O)c1cc(C#N)c(OC)cc1CCl. The molecule has 0 fully saturated rings. The van der Waals surface area contributed by atoms with E-state index in [0.29, 0.717) is 11.3 Å². The summed E-state index contributed by atoms with van der Waals surface area (Å²) < 4.78 is 9.62. The van der Waals surface area contributed by atoms with E-state index in [1.54, 1.807) is 6.07 Å². The molecule has 5 heteroatoms. The third kappa shape index (κ3) is 2.26. The van der Waals surface area contributed by atoms with Crippen LogP contribution in [-0.2, 0) is 10.6 Å². The molecule has 1 rings (SSSR count). The van der Waals surface area contributed by atoms with Gasteiger partial charge < -0.3 is 9.47 Å². The molecule has 0 atom stereocenters. The Morgan fingerprint density at radius 1 is 1.50 bits per heavy atom. The Hall–Kier alpha value is -1.73. The number of benzene rings is 1. The molecule has 0 aliphatic rings. The molecule has 0 heterocycles. The molecule has 0 aromatic heterocycles. The van der Waals surface area contributed by atoms with Gasteiger partial charge in [0.1, 0.15) is 11.8 Å². The standard InChI is InChI=1S/C11H10ClNO3/c1-15-10-4-7(5-12)9(11(14)16-2)3-8(10)6-13/h3-4H,5H2,1-2H3. The lowest BCUT2D eigenvalue weighted by molar-refractivity contribution is 0.0599. The molecule has 0 radical (unpaired) electrons. The highest BCUT2D eigenvalue weighted by Gasteiger charge is 2.15. The molecule has 1 aromatic carbocycles. The van der Waals surface area contributed by atoms with Gasteiger partial charge in [0, 0.05) is 5.88 Å². The maximum absolute atomic E-state index is 11.4. The molecule has 0 spiro atoms. The van der Waals surface area contributed by atoms with E-state index in [1.165, 1.54) is 20.3 Å². The highest BCUT2D eigenvalue weighted by Crippen LogP contribution is 2.24. The fourth-order valence-electron chi connectivity index (χ4n) is 1.29. The number of nitrogens with zero attached hydrogens (tertiary/aromatic N) is 1. The minimum Gasteiger partial charge on any atom is -0.495 e. The van der Waals surface area contributed by atoms with E-state index in [-0.39, 0.29) is 17.0 Å². The maximum Gasteiger partial charge on any atom is 0.338 e. The second kappa shape index (κ2) is 5.38. The third-order valence-corrected chi connectivity index (χ3v) is 2.38. The molecule has 0 bridgehead atoms. The second-order valence-electron chi connectivity index (χ2n) is 2.95. The largest absolute Gasteiger partial charge is 0.495 e. The van der Waals surface area contributed by atoms with E-state index in [9.17, 15) is 4.79 Å². The quantitative estimate of drug-likeness (QED) is 0.599. The number of carbonyl (C=O) groups excluding carboxylic acids is 1. The van der Waals surface area contributed by atoms with Gasteiger partial charge in [-0.25, -0.2) is 4.79 Å². The monoisotopic (exact) mass is 239 g/mol. The molecule has 1 aromatic rings. The summed E-state index contributed by atoms with van der Waals surface area (Å²) in [5, 5.41) is 8.88. The lowest BCUT2D eigenvalue weighted by Crippen LogP contribution is -2.06. The van der Waals surface area contributed by atoms with Crippen molar-refractivity contribution in [3.8, 4) is 11.8 Å². The fraction of sp³-hybridized carbons (Fsp3) is 0.273. The summed E-state index contributed by atoms with van der Waals surface area (Å²) in [6, 6.07) is 4.93. The van der Waals surface area contributed by atoms with Crippen molar-refractivity contribution < 1.29 is 14.3 Å². The van der Waals surface area contributed by atoms with Crippen molar-refractivity contribution in [1.82, 2.24) is 0 Å². The Kier molecular flexibility index (Phi) is 4.15. The zero-order valence-electron chi connectivity index (χ0n) is 8.91. The molecule has 16 heavy (non-hydrogen) atoms. The minimum atomic E-state index is -0.519. The Labute approximate surface area is 98.3 Å². The molecule has 0 saturated carbocycles. The van der Waals surface area contributed by atoms with Gasteiger partial charge in [-0.2, -0.15) is 5.26 Å². The van der Waals surface area contributed by atoms with Gasteiger partial charge in [0.05, 0.1) is 25.3 Å². The summed E-state index contributed by atoms with van der Waals surface area (Å²) in [6.45, 7) is 0. The summed E-state index contributed by atoms with van der Waals surface area (Å²) in [4.78, 5) is 11.4. The third-order valence-electron chi connectivity index (χ3n) is 2.10. The van der Waals surface area contributed by atoms with Crippen LogP contribution < -0.4 is 4.74 Å². The molecule has 4 nitrogen and oxygen atoms in total. The molecule has 84 valence electrons. The van der Waals surface area contributed by atoms with E-state index < -0.39 is 5.97 Å². The van der Waals surface area contributed by atoms with Crippen molar-refractivity contribution in [2.24, 2.45) is 0 Å². The van der Waals surface area contributed by atoms with E-state index in [1.807, 2.05) is 6.07 Å². The molecule has 0 aliphatic carbocycles. The van der Waals surface area contributed by atoms with Crippen molar-refractivity contribution in [2.45, 2.75) is 5.88 Å². The van der Waals surface area contributed by atoms with Crippen LogP contribution in [0.2, 0.25) is 0 Å². The van der Waals surface area contributed by atoms with Crippen molar-refractivity contribution in [3.63, 3.8) is 0 Å². The van der Waals surface area contributed by atoms with Gasteiger partial charge in [-0.3, -0.25) is 0 Å². The molecular weight excluding hydrogens is 230 g/mol. The summed E-state index contributed by atoms with van der Waals surface area (Å²) >= 11 is 5.71. The number of hydrogen-bond donors (Lipinski definition) is 0. The van der Waals surface area contributed by atoms with E-state index >= 15 is 0 Å². The number of carbonyl (C=O) groups is 1. The summed E-state index contributed by atoms with van der Waals surface area (Å²) in [5.74, 6) is 0.0209. The van der Waals surface area contributed by atoms with Crippen LogP contribution in [0.15, 0.2) is 12.1 Å². The van der Waals surface area contributed by atoms with Gasteiger partial charge in [0.15, 0.2) is 0 Å². The van der Waals surface area contributed by atoms with Crippen LogP contribution >= 0.6 is 11.6 Å². The van der Waals surface area contributed by atoms with Gasteiger partial charge >= 0.3 is 5.97 Å². The summed E-state index contributed by atoms with van der Waals surface area (Å²) in [5.41, 5.74) is 1.14. The smallest absolute Gasteiger partial charge is 0.338 e. The lowest BCUT2D eigenvalue weighted by atomic mass is 10.0. The predicted octanol–water partition coefficient (Wildman–Crippen LogP) is 2.09. The van der Waals surface area contributed by atoms with Crippen LogP contribution in [0.4, 0.5) is 0 Å². The number of esters is 1. The number of rotatable bonds is 3. The Morgan fingerprint density at radius 3 is 2.62 bits per heavy atom. The van der Waals surface area contributed by atoms with Gasteiger partial charge in [-0.05, 0) is 17.7 Å². The zero-order chi connectivity index (χ0) is 12.1. The molecule has 0 aliphatic heterocycles. The van der Waals surface area contributed by atoms with Crippen molar-refractivity contribution >= 4 is 17.6 Å². The Morgan fingerprint density at radius 2 is 2.19 bits per heavy atom. The van der Waals surface area contributed by atoms with Crippen LogP contribution in [0.3, 0.4) is 0 Å². The zero-order valence-corrected chi connectivity index (χ0v) is 9.67. The summed E-state index contributed by atoms with van der Waals surface area (Å²) in [7, 11) is 2.72. The van der Waals surface area contributed by atoms with Crippen LogP contribution in [0.25, 0.3) is 0 Å². The first kappa shape index (κ1) is 12.3. The average molecular weight is 240 g/mol. The maximum atomic E-state index is 11.4. The topological polar surface area (TPSA) is 59.3 Å². The van der Waals surface area contributed by atoms with E-state index in [2.05, 4.69) is 4.74 Å². The molecule has 0 saturated heterocycles. The lowest BCUT2D eigenvalue weighted by Gasteiger charge is -2.09. The van der Waals surface area contributed by atoms with Crippen LogP contribution in [-0.4, -0.2) is 20.2 Å². The fourth-order valence-corrected chi connectivity index (χ4v) is 1.51. The number of nitriles is 1. The van der Waals surface area contributed by atoms with Gasteiger partial charge in [-0.1, -0.05) is 0 Å². The first-order valence-electron chi connectivity index (χ1n) is 4.43. The average Bonchev–Trinajstić information content (AvgIpc) is 2.35. The molecule has 0 unspecified atom stereocenters. The Balaban J connectivity index is 3.38. The minimum absolute atomic E-state index is 0.145. The van der Waals surface area contributed by atoms with Crippen molar-refractivity contribution in [3.05, 3.63) is 28.8 Å². The Bertz CT molecular complexity index is 451. The number of ether oxygens (including phenoxy) is 2. The molecule has 0 N–H and O–H groups in total. The first-order valence-corrected chi connectivity index (χ1v) is 4.96. The van der Waals surface area contributed by atoms with Crippen molar-refractivity contribution in [1.29, 1.82) is 5.26 Å². The van der Waals surface area contributed by atoms with Gasteiger partial charge in [0.25, 0.3) is 0 Å².